The van der Waals surface area contributed by atoms with Gasteiger partial charge < -0.3 is 10.2 Å². The Labute approximate surface area is 77.8 Å². The molecule has 0 bridgehead atoms. The number of rotatable bonds is 2. The van der Waals surface area contributed by atoms with E-state index in [0.29, 0.717) is 0 Å². The van der Waals surface area contributed by atoms with Crippen LogP contribution in [0.3, 0.4) is 0 Å². The Bertz CT molecular complexity index is 379. The number of pyridine rings is 1. The summed E-state index contributed by atoms with van der Waals surface area (Å²) in [6, 6.07) is 0.956. The largest absolute Gasteiger partial charge is 0.506 e. The normalized spacial score (nSPS) is 10.6. The Morgan fingerprint density at radius 2 is 2.14 bits per heavy atom. The van der Waals surface area contributed by atoms with Crippen LogP contribution in [0, 0.1) is 6.92 Å². The Kier molecular flexibility index (Phi) is 2.64. The van der Waals surface area contributed by atoms with Gasteiger partial charge in [-0.2, -0.15) is 0 Å². The summed E-state index contributed by atoms with van der Waals surface area (Å²) in [6.45, 7) is 1.37. The summed E-state index contributed by atoms with van der Waals surface area (Å²) in [4.78, 5) is 13.7. The molecule has 0 spiro atoms. The lowest BCUT2D eigenvalue weighted by atomic mass is 10.2. The van der Waals surface area contributed by atoms with Crippen molar-refractivity contribution in [2.24, 2.45) is 0 Å². The van der Waals surface area contributed by atoms with E-state index in [2.05, 4.69) is 4.98 Å². The second kappa shape index (κ2) is 3.57. The Morgan fingerprint density at radius 1 is 1.57 bits per heavy atom. The summed E-state index contributed by atoms with van der Waals surface area (Å²) in [6.07, 6.45) is -2.99. The molecule has 0 fully saturated rings. The van der Waals surface area contributed by atoms with Crippen molar-refractivity contribution in [1.82, 2.24) is 4.98 Å². The lowest BCUT2D eigenvalue weighted by Gasteiger charge is -2.06. The number of carbonyl (C=O) groups is 1. The maximum atomic E-state index is 12.2. The average molecular weight is 203 g/mol. The molecule has 76 valence electrons. The molecule has 1 aromatic heterocycles. The number of hydrogen-bond donors (Lipinski definition) is 2. The van der Waals surface area contributed by atoms with E-state index in [-0.39, 0.29) is 5.56 Å². The number of aromatic hydroxyl groups is 1. The third-order valence-corrected chi connectivity index (χ3v) is 1.63. The van der Waals surface area contributed by atoms with Gasteiger partial charge in [0.25, 0.3) is 6.43 Å². The minimum atomic E-state index is -2.99. The number of nitrogens with zero attached hydrogens (tertiary/aromatic N) is 1. The van der Waals surface area contributed by atoms with E-state index in [4.69, 9.17) is 10.2 Å². The predicted molar refractivity (Wildman–Crippen MR) is 42.6 cm³/mol. The molecule has 1 rings (SSSR count). The fraction of sp³-hybridized carbons (Fsp3) is 0.250. The van der Waals surface area contributed by atoms with Gasteiger partial charge in [0.1, 0.15) is 11.4 Å². The summed E-state index contributed by atoms with van der Waals surface area (Å²) in [7, 11) is 0. The van der Waals surface area contributed by atoms with Crippen LogP contribution in [0.2, 0.25) is 0 Å². The number of carboxylic acids is 1. The van der Waals surface area contributed by atoms with Gasteiger partial charge in [0.05, 0.1) is 0 Å². The highest BCUT2D eigenvalue weighted by molar-refractivity contribution is 5.87. The molecule has 0 saturated heterocycles. The van der Waals surface area contributed by atoms with Crippen LogP contribution in [-0.2, 0) is 0 Å². The molecular weight excluding hydrogens is 196 g/mol. The van der Waals surface area contributed by atoms with Crippen LogP contribution in [0.1, 0.15) is 28.2 Å². The van der Waals surface area contributed by atoms with Gasteiger partial charge in [0.15, 0.2) is 5.69 Å². The van der Waals surface area contributed by atoms with Crippen LogP contribution >= 0.6 is 0 Å². The Hall–Kier alpha value is -1.72. The van der Waals surface area contributed by atoms with E-state index in [0.717, 1.165) is 6.07 Å². The zero-order chi connectivity index (χ0) is 10.9. The second-order valence-corrected chi connectivity index (χ2v) is 2.66. The quantitative estimate of drug-likeness (QED) is 0.767. The monoisotopic (exact) mass is 203 g/mol. The maximum Gasteiger partial charge on any atom is 0.354 e. The van der Waals surface area contributed by atoms with E-state index in [1.54, 1.807) is 0 Å². The Balaban J connectivity index is 3.34. The summed E-state index contributed by atoms with van der Waals surface area (Å²) in [5.41, 5.74) is -1.24. The van der Waals surface area contributed by atoms with Crippen LogP contribution in [-0.4, -0.2) is 21.2 Å². The molecule has 14 heavy (non-hydrogen) atoms. The van der Waals surface area contributed by atoms with Gasteiger partial charge in [0, 0.05) is 0 Å². The van der Waals surface area contributed by atoms with Gasteiger partial charge in [-0.25, -0.2) is 18.6 Å². The van der Waals surface area contributed by atoms with E-state index >= 15 is 0 Å². The standard InChI is InChI=1S/C8H7F2NO3/c1-3-2-4(12)6(7(9)10)11-5(3)8(13)14/h2,7,12H,1H3,(H,13,14). The zero-order valence-electron chi connectivity index (χ0n) is 7.16. The molecule has 4 nitrogen and oxygen atoms in total. The molecule has 1 aromatic rings. The van der Waals surface area contributed by atoms with Crippen LogP contribution in [0.15, 0.2) is 6.07 Å². The van der Waals surface area contributed by atoms with Gasteiger partial charge in [-0.15, -0.1) is 0 Å². The predicted octanol–water partition coefficient (Wildman–Crippen LogP) is 1.73. The maximum absolute atomic E-state index is 12.2. The lowest BCUT2D eigenvalue weighted by molar-refractivity contribution is 0.0687. The molecule has 0 aliphatic rings. The van der Waals surface area contributed by atoms with Crippen LogP contribution < -0.4 is 0 Å². The Morgan fingerprint density at radius 3 is 2.57 bits per heavy atom. The fourth-order valence-corrected chi connectivity index (χ4v) is 0.990. The van der Waals surface area contributed by atoms with Crippen LogP contribution in [0.25, 0.3) is 0 Å². The number of hydrogen-bond acceptors (Lipinski definition) is 3. The minimum Gasteiger partial charge on any atom is -0.506 e. The molecule has 0 aliphatic carbocycles. The second-order valence-electron chi connectivity index (χ2n) is 2.66. The number of halogens is 2. The smallest absolute Gasteiger partial charge is 0.354 e. The molecular formula is C8H7F2NO3. The van der Waals surface area contributed by atoms with Crippen molar-refractivity contribution in [3.63, 3.8) is 0 Å². The highest BCUT2D eigenvalue weighted by Crippen LogP contribution is 2.27. The number of carboxylic acid groups (broad SMARTS) is 1. The third kappa shape index (κ3) is 1.78. The summed E-state index contributed by atoms with van der Waals surface area (Å²) in [5.74, 6) is -2.09. The lowest BCUT2D eigenvalue weighted by Crippen LogP contribution is -2.06. The van der Waals surface area contributed by atoms with E-state index in [1.165, 1.54) is 6.92 Å². The van der Waals surface area contributed by atoms with Crippen molar-refractivity contribution in [2.45, 2.75) is 13.3 Å². The van der Waals surface area contributed by atoms with E-state index in [1.807, 2.05) is 0 Å². The van der Waals surface area contributed by atoms with Crippen LogP contribution in [0.4, 0.5) is 8.78 Å². The summed E-state index contributed by atoms with van der Waals surface area (Å²) >= 11 is 0. The van der Waals surface area contributed by atoms with Gasteiger partial charge in [0.2, 0.25) is 0 Å². The van der Waals surface area contributed by atoms with Gasteiger partial charge >= 0.3 is 5.97 Å². The number of alkyl halides is 2. The summed E-state index contributed by atoms with van der Waals surface area (Å²) < 4.78 is 24.4. The van der Waals surface area contributed by atoms with Gasteiger partial charge in [-0.1, -0.05) is 0 Å². The van der Waals surface area contributed by atoms with Gasteiger partial charge in [-0.3, -0.25) is 0 Å². The molecule has 0 saturated carbocycles. The molecule has 0 aromatic carbocycles. The highest BCUT2D eigenvalue weighted by atomic mass is 19.3. The van der Waals surface area contributed by atoms with Crippen molar-refractivity contribution in [2.75, 3.05) is 0 Å². The molecule has 0 aliphatic heterocycles. The number of aromatic carboxylic acids is 1. The highest BCUT2D eigenvalue weighted by Gasteiger charge is 2.19. The molecule has 6 heteroatoms. The van der Waals surface area contributed by atoms with Crippen molar-refractivity contribution in [3.8, 4) is 5.75 Å². The number of aromatic nitrogens is 1. The first-order valence-electron chi connectivity index (χ1n) is 3.65. The zero-order valence-corrected chi connectivity index (χ0v) is 7.16. The molecule has 0 atom stereocenters. The van der Waals surface area contributed by atoms with E-state index in [9.17, 15) is 13.6 Å². The van der Waals surface area contributed by atoms with E-state index < -0.39 is 29.5 Å². The SMILES string of the molecule is Cc1cc(O)c(C(F)F)nc1C(=O)O. The third-order valence-electron chi connectivity index (χ3n) is 1.63. The van der Waals surface area contributed by atoms with Crippen molar-refractivity contribution in [1.29, 1.82) is 0 Å². The fourth-order valence-electron chi connectivity index (χ4n) is 0.990. The first kappa shape index (κ1) is 10.4. The molecule has 1 heterocycles. The summed E-state index contributed by atoms with van der Waals surface area (Å²) in [5, 5.41) is 17.6. The molecule has 2 N–H and O–H groups in total. The first-order chi connectivity index (χ1) is 6.43. The minimum absolute atomic E-state index is 0.138. The molecule has 0 radical (unpaired) electrons. The number of aryl methyl sites for hydroxylation is 1. The van der Waals surface area contributed by atoms with Crippen molar-refractivity contribution in [3.05, 3.63) is 23.0 Å². The first-order valence-corrected chi connectivity index (χ1v) is 3.65. The van der Waals surface area contributed by atoms with Crippen molar-refractivity contribution >= 4 is 5.97 Å². The van der Waals surface area contributed by atoms with Crippen LogP contribution in [0.5, 0.6) is 5.75 Å². The van der Waals surface area contributed by atoms with Gasteiger partial charge in [-0.05, 0) is 18.6 Å². The average Bonchev–Trinajstić information content (AvgIpc) is 2.02. The molecule has 0 amide bonds. The van der Waals surface area contributed by atoms with Crippen molar-refractivity contribution < 1.29 is 23.8 Å². The topological polar surface area (TPSA) is 70.4 Å². The molecule has 0 unspecified atom stereocenters.